The molecule has 23 heavy (non-hydrogen) atoms. The molecular weight excluding hydrogens is 312 g/mol. The van der Waals surface area contributed by atoms with Gasteiger partial charge in [-0.05, 0) is 30.7 Å². The molecule has 0 radical (unpaired) electrons. The lowest BCUT2D eigenvalue weighted by Gasteiger charge is -2.26. The summed E-state index contributed by atoms with van der Waals surface area (Å²) in [6.07, 6.45) is 2.94. The van der Waals surface area contributed by atoms with E-state index in [1.807, 2.05) is 56.1 Å². The van der Waals surface area contributed by atoms with Gasteiger partial charge in [0, 0.05) is 33.6 Å². The number of anilines is 2. The second-order valence-corrected chi connectivity index (χ2v) is 7.75. The van der Waals surface area contributed by atoms with E-state index in [0.717, 1.165) is 11.4 Å². The SMILES string of the molecule is C[C@H](c1ccc(S(C)(=O)=O)cc1)N(C)c1nccc(N(C)C)n1. The molecule has 1 aromatic carbocycles. The van der Waals surface area contributed by atoms with Gasteiger partial charge in [-0.1, -0.05) is 12.1 Å². The summed E-state index contributed by atoms with van der Waals surface area (Å²) in [4.78, 5) is 13.0. The van der Waals surface area contributed by atoms with E-state index >= 15 is 0 Å². The van der Waals surface area contributed by atoms with Gasteiger partial charge in [-0.25, -0.2) is 13.4 Å². The van der Waals surface area contributed by atoms with Gasteiger partial charge in [-0.3, -0.25) is 0 Å². The highest BCUT2D eigenvalue weighted by molar-refractivity contribution is 7.90. The fourth-order valence-electron chi connectivity index (χ4n) is 2.15. The van der Waals surface area contributed by atoms with Crippen LogP contribution in [0.15, 0.2) is 41.4 Å². The van der Waals surface area contributed by atoms with Crippen LogP contribution >= 0.6 is 0 Å². The van der Waals surface area contributed by atoms with E-state index in [0.29, 0.717) is 10.8 Å². The van der Waals surface area contributed by atoms with Gasteiger partial charge in [-0.2, -0.15) is 4.98 Å². The van der Waals surface area contributed by atoms with Crippen LogP contribution in [0.2, 0.25) is 0 Å². The van der Waals surface area contributed by atoms with Crippen LogP contribution in [-0.2, 0) is 9.84 Å². The Labute approximate surface area is 137 Å². The van der Waals surface area contributed by atoms with Gasteiger partial charge in [-0.15, -0.1) is 0 Å². The van der Waals surface area contributed by atoms with Gasteiger partial charge in [0.15, 0.2) is 9.84 Å². The average Bonchev–Trinajstić information content (AvgIpc) is 2.53. The maximum Gasteiger partial charge on any atom is 0.227 e. The van der Waals surface area contributed by atoms with Crippen molar-refractivity contribution in [1.82, 2.24) is 9.97 Å². The topological polar surface area (TPSA) is 66.4 Å². The Bertz CT molecular complexity index is 773. The van der Waals surface area contributed by atoms with Crippen LogP contribution in [0, 0.1) is 0 Å². The van der Waals surface area contributed by atoms with E-state index in [1.165, 1.54) is 6.26 Å². The molecule has 1 atom stereocenters. The summed E-state index contributed by atoms with van der Waals surface area (Å²) in [5, 5.41) is 0. The summed E-state index contributed by atoms with van der Waals surface area (Å²) < 4.78 is 23.1. The molecule has 0 amide bonds. The first-order valence-corrected chi connectivity index (χ1v) is 9.12. The Morgan fingerprint density at radius 2 is 1.65 bits per heavy atom. The first-order valence-electron chi connectivity index (χ1n) is 7.23. The lowest BCUT2D eigenvalue weighted by Crippen LogP contribution is -2.24. The van der Waals surface area contributed by atoms with Crippen molar-refractivity contribution in [1.29, 1.82) is 0 Å². The Morgan fingerprint density at radius 3 is 2.17 bits per heavy atom. The Kier molecular flexibility index (Phi) is 4.89. The van der Waals surface area contributed by atoms with Crippen molar-refractivity contribution in [3.05, 3.63) is 42.1 Å². The molecule has 0 spiro atoms. The molecule has 124 valence electrons. The maximum absolute atomic E-state index is 11.5. The van der Waals surface area contributed by atoms with Crippen LogP contribution in [0.4, 0.5) is 11.8 Å². The van der Waals surface area contributed by atoms with Crippen LogP contribution in [0.5, 0.6) is 0 Å². The quantitative estimate of drug-likeness (QED) is 0.835. The summed E-state index contributed by atoms with van der Waals surface area (Å²) in [6, 6.07) is 8.78. The van der Waals surface area contributed by atoms with E-state index < -0.39 is 9.84 Å². The van der Waals surface area contributed by atoms with Crippen molar-refractivity contribution in [2.75, 3.05) is 37.2 Å². The van der Waals surface area contributed by atoms with Crippen molar-refractivity contribution in [3.8, 4) is 0 Å². The van der Waals surface area contributed by atoms with E-state index in [4.69, 9.17) is 0 Å². The zero-order valence-corrected chi connectivity index (χ0v) is 14.9. The molecule has 0 N–H and O–H groups in total. The summed E-state index contributed by atoms with van der Waals surface area (Å²) in [5.74, 6) is 1.46. The summed E-state index contributed by atoms with van der Waals surface area (Å²) >= 11 is 0. The normalized spacial score (nSPS) is 12.7. The standard InChI is InChI=1S/C16H22N4O2S/c1-12(13-6-8-14(9-7-13)23(5,21)22)20(4)16-17-11-10-15(18-16)19(2)3/h6-12H,1-5H3/t12-/m1/s1. The second kappa shape index (κ2) is 6.54. The number of rotatable bonds is 5. The number of sulfone groups is 1. The molecule has 2 aromatic rings. The predicted molar refractivity (Wildman–Crippen MR) is 92.7 cm³/mol. The zero-order valence-electron chi connectivity index (χ0n) is 14.1. The monoisotopic (exact) mass is 334 g/mol. The minimum absolute atomic E-state index is 0.0148. The lowest BCUT2D eigenvalue weighted by molar-refractivity contribution is 0.601. The number of nitrogens with zero attached hydrogens (tertiary/aromatic N) is 4. The smallest absolute Gasteiger partial charge is 0.227 e. The van der Waals surface area contributed by atoms with Crippen LogP contribution in [0.25, 0.3) is 0 Å². The summed E-state index contributed by atoms with van der Waals surface area (Å²) in [6.45, 7) is 2.03. The first-order chi connectivity index (χ1) is 10.7. The molecule has 0 saturated heterocycles. The minimum Gasteiger partial charge on any atom is -0.363 e. The van der Waals surface area contributed by atoms with Crippen molar-refractivity contribution in [2.45, 2.75) is 17.9 Å². The highest BCUT2D eigenvalue weighted by atomic mass is 32.2. The fraction of sp³-hybridized carbons (Fsp3) is 0.375. The molecule has 1 heterocycles. The third kappa shape index (κ3) is 3.98. The molecule has 0 fully saturated rings. The molecule has 0 unspecified atom stereocenters. The molecule has 6 nitrogen and oxygen atoms in total. The van der Waals surface area contributed by atoms with Gasteiger partial charge in [0.2, 0.25) is 5.95 Å². The van der Waals surface area contributed by atoms with Crippen molar-refractivity contribution in [2.24, 2.45) is 0 Å². The number of hydrogen-bond acceptors (Lipinski definition) is 6. The Balaban J connectivity index is 2.25. The number of benzene rings is 1. The molecule has 0 aliphatic heterocycles. The molecule has 2 rings (SSSR count). The van der Waals surface area contributed by atoms with Gasteiger partial charge in [0.25, 0.3) is 0 Å². The van der Waals surface area contributed by atoms with E-state index in [9.17, 15) is 8.42 Å². The number of aromatic nitrogens is 2. The van der Waals surface area contributed by atoms with Gasteiger partial charge in [0.1, 0.15) is 5.82 Å². The average molecular weight is 334 g/mol. The molecular formula is C16H22N4O2S. The van der Waals surface area contributed by atoms with Crippen molar-refractivity contribution >= 4 is 21.6 Å². The molecule has 1 aromatic heterocycles. The largest absolute Gasteiger partial charge is 0.363 e. The van der Waals surface area contributed by atoms with Crippen LogP contribution in [0.1, 0.15) is 18.5 Å². The molecule has 0 aliphatic rings. The molecule has 0 bridgehead atoms. The Hall–Kier alpha value is -2.15. The molecule has 7 heteroatoms. The highest BCUT2D eigenvalue weighted by Gasteiger charge is 2.16. The van der Waals surface area contributed by atoms with Crippen LogP contribution < -0.4 is 9.80 Å². The van der Waals surface area contributed by atoms with E-state index in [2.05, 4.69) is 9.97 Å². The maximum atomic E-state index is 11.5. The minimum atomic E-state index is -3.18. The Morgan fingerprint density at radius 1 is 1.04 bits per heavy atom. The van der Waals surface area contributed by atoms with Gasteiger partial charge >= 0.3 is 0 Å². The summed E-state index contributed by atoms with van der Waals surface area (Å²) in [5.41, 5.74) is 0.999. The fourth-order valence-corrected chi connectivity index (χ4v) is 2.78. The van der Waals surface area contributed by atoms with Crippen molar-refractivity contribution < 1.29 is 8.42 Å². The first kappa shape index (κ1) is 17.2. The van der Waals surface area contributed by atoms with Crippen LogP contribution in [0.3, 0.4) is 0 Å². The van der Waals surface area contributed by atoms with Crippen molar-refractivity contribution in [3.63, 3.8) is 0 Å². The molecule has 0 aliphatic carbocycles. The highest BCUT2D eigenvalue weighted by Crippen LogP contribution is 2.24. The van der Waals surface area contributed by atoms with E-state index in [-0.39, 0.29) is 6.04 Å². The molecule has 0 saturated carbocycles. The van der Waals surface area contributed by atoms with E-state index in [1.54, 1.807) is 18.3 Å². The summed E-state index contributed by atoms with van der Waals surface area (Å²) in [7, 11) is 2.60. The zero-order chi connectivity index (χ0) is 17.2. The second-order valence-electron chi connectivity index (χ2n) is 5.74. The predicted octanol–water partition coefficient (Wildman–Crippen LogP) is 2.14. The van der Waals surface area contributed by atoms with Crippen LogP contribution in [-0.4, -0.2) is 45.8 Å². The van der Waals surface area contributed by atoms with Gasteiger partial charge < -0.3 is 9.80 Å². The van der Waals surface area contributed by atoms with Gasteiger partial charge in [0.05, 0.1) is 10.9 Å². The third-order valence-corrected chi connectivity index (χ3v) is 4.90. The third-order valence-electron chi connectivity index (χ3n) is 3.77. The lowest BCUT2D eigenvalue weighted by atomic mass is 10.1. The number of hydrogen-bond donors (Lipinski definition) is 0.